The first-order chi connectivity index (χ1) is 6.22. The van der Waals surface area contributed by atoms with Crippen LogP contribution in [0.2, 0.25) is 0 Å². The summed E-state index contributed by atoms with van der Waals surface area (Å²) in [5.41, 5.74) is 2.15. The molecule has 70 valence electrons. The second kappa shape index (κ2) is 7.37. The van der Waals surface area contributed by atoms with E-state index in [1.807, 2.05) is 24.3 Å². The van der Waals surface area contributed by atoms with Crippen molar-refractivity contribution in [1.82, 2.24) is 0 Å². The number of hydrogen-bond donors (Lipinski definition) is 0. The van der Waals surface area contributed by atoms with Gasteiger partial charge in [0.2, 0.25) is 0 Å². The molecule has 1 rings (SSSR count). The Morgan fingerprint density at radius 1 is 1.36 bits per heavy atom. The summed E-state index contributed by atoms with van der Waals surface area (Å²) in [5, 5.41) is 1.14. The van der Waals surface area contributed by atoms with Crippen molar-refractivity contribution in [2.45, 2.75) is 13.3 Å². The van der Waals surface area contributed by atoms with Crippen LogP contribution in [0.15, 0.2) is 29.7 Å². The Kier molecular flexibility index (Phi) is 7.41. The summed E-state index contributed by atoms with van der Waals surface area (Å²) in [4.78, 5) is 0. The summed E-state index contributed by atoms with van der Waals surface area (Å²) in [6, 6.07) is 7.80. The Hall–Kier alpha value is 0.0700. The Labute approximate surface area is 109 Å². The van der Waals surface area contributed by atoms with Gasteiger partial charge in [-0.1, -0.05) is 31.2 Å². The van der Waals surface area contributed by atoms with E-state index in [4.69, 9.17) is 0 Å². The average Bonchev–Trinajstić information content (AvgIpc) is 2.15. The van der Waals surface area contributed by atoms with Crippen LogP contribution in [0.4, 0.5) is 0 Å². The SMILES string of the molecule is CCc1ccc(/C=C/S(=O)[O-])cc1.[Na+]. The maximum absolute atomic E-state index is 10.2. The third-order valence-electron chi connectivity index (χ3n) is 1.76. The van der Waals surface area contributed by atoms with Gasteiger partial charge >= 0.3 is 29.6 Å². The van der Waals surface area contributed by atoms with Gasteiger partial charge in [0.15, 0.2) is 0 Å². The molecule has 0 aliphatic rings. The van der Waals surface area contributed by atoms with Crippen molar-refractivity contribution in [3.05, 3.63) is 40.8 Å². The second-order valence-electron chi connectivity index (χ2n) is 2.66. The van der Waals surface area contributed by atoms with Gasteiger partial charge in [0.25, 0.3) is 0 Å². The third kappa shape index (κ3) is 5.08. The first kappa shape index (κ1) is 14.1. The molecule has 14 heavy (non-hydrogen) atoms. The summed E-state index contributed by atoms with van der Waals surface area (Å²) in [6.07, 6.45) is 2.57. The molecule has 0 N–H and O–H groups in total. The van der Waals surface area contributed by atoms with Crippen LogP contribution in [0, 0.1) is 0 Å². The molecule has 0 saturated heterocycles. The quantitative estimate of drug-likeness (QED) is 0.487. The van der Waals surface area contributed by atoms with Gasteiger partial charge in [-0.2, -0.15) is 0 Å². The second-order valence-corrected chi connectivity index (χ2v) is 3.45. The zero-order valence-electron chi connectivity index (χ0n) is 8.40. The van der Waals surface area contributed by atoms with Crippen LogP contribution < -0.4 is 29.6 Å². The predicted molar refractivity (Wildman–Crippen MR) is 53.8 cm³/mol. The average molecular weight is 218 g/mol. The molecule has 0 aliphatic heterocycles. The van der Waals surface area contributed by atoms with Crippen molar-refractivity contribution in [2.24, 2.45) is 0 Å². The zero-order chi connectivity index (χ0) is 9.68. The molecule has 1 unspecified atom stereocenters. The van der Waals surface area contributed by atoms with Crippen LogP contribution in [0.1, 0.15) is 18.1 Å². The molecule has 4 heteroatoms. The molecule has 0 heterocycles. The molecule has 0 saturated carbocycles. The van der Waals surface area contributed by atoms with E-state index in [1.165, 1.54) is 5.56 Å². The summed E-state index contributed by atoms with van der Waals surface area (Å²) < 4.78 is 20.4. The van der Waals surface area contributed by atoms with Gasteiger partial charge in [-0.3, -0.25) is 4.21 Å². The van der Waals surface area contributed by atoms with E-state index >= 15 is 0 Å². The predicted octanol–water partition coefficient (Wildman–Crippen LogP) is -0.897. The van der Waals surface area contributed by atoms with Gasteiger partial charge < -0.3 is 4.55 Å². The third-order valence-corrected chi connectivity index (χ3v) is 2.12. The monoisotopic (exact) mass is 218 g/mol. The molecule has 0 aromatic heterocycles. The van der Waals surface area contributed by atoms with Crippen molar-refractivity contribution in [3.63, 3.8) is 0 Å². The molecule has 1 atom stereocenters. The minimum Gasteiger partial charge on any atom is -0.769 e. The van der Waals surface area contributed by atoms with Gasteiger partial charge in [-0.15, -0.1) is 0 Å². The maximum Gasteiger partial charge on any atom is 1.00 e. The topological polar surface area (TPSA) is 40.1 Å². The van der Waals surface area contributed by atoms with E-state index in [-0.39, 0.29) is 29.6 Å². The van der Waals surface area contributed by atoms with Crippen LogP contribution in [-0.2, 0) is 17.5 Å². The van der Waals surface area contributed by atoms with Gasteiger partial charge in [0.1, 0.15) is 0 Å². The summed E-state index contributed by atoms with van der Waals surface area (Å²) in [7, 11) is 0. The molecule has 1 aromatic rings. The molecular weight excluding hydrogens is 207 g/mol. The number of hydrogen-bond acceptors (Lipinski definition) is 2. The van der Waals surface area contributed by atoms with Gasteiger partial charge in [-0.25, -0.2) is 0 Å². The largest absolute Gasteiger partial charge is 1.00 e. The summed E-state index contributed by atoms with van der Waals surface area (Å²) in [5.74, 6) is 0. The fourth-order valence-electron chi connectivity index (χ4n) is 0.999. The Morgan fingerprint density at radius 2 is 1.93 bits per heavy atom. The molecule has 0 bridgehead atoms. The van der Waals surface area contributed by atoms with Gasteiger partial charge in [0.05, 0.1) is 0 Å². The first-order valence-corrected chi connectivity index (χ1v) is 5.21. The number of aryl methyl sites for hydroxylation is 1. The molecule has 0 aliphatic carbocycles. The number of benzene rings is 1. The summed E-state index contributed by atoms with van der Waals surface area (Å²) in [6.45, 7) is 2.08. The molecule has 0 radical (unpaired) electrons. The maximum atomic E-state index is 10.2. The van der Waals surface area contributed by atoms with E-state index in [0.717, 1.165) is 17.4 Å². The normalized spacial score (nSPS) is 12.4. The molecule has 0 amide bonds. The molecule has 0 spiro atoms. The minimum absolute atomic E-state index is 0. The molecule has 1 aromatic carbocycles. The fraction of sp³-hybridized carbons (Fsp3) is 0.200. The smallest absolute Gasteiger partial charge is 0.769 e. The Bertz CT molecular complexity index is 319. The zero-order valence-corrected chi connectivity index (χ0v) is 11.2. The van der Waals surface area contributed by atoms with E-state index < -0.39 is 11.1 Å². The van der Waals surface area contributed by atoms with Crippen molar-refractivity contribution < 1.29 is 38.3 Å². The van der Waals surface area contributed by atoms with Crippen molar-refractivity contribution in [3.8, 4) is 0 Å². The molecule has 0 fully saturated rings. The minimum atomic E-state index is -2.10. The molecule has 2 nitrogen and oxygen atoms in total. The fourth-order valence-corrected chi connectivity index (χ4v) is 1.27. The van der Waals surface area contributed by atoms with E-state index in [0.29, 0.717) is 0 Å². The van der Waals surface area contributed by atoms with Crippen molar-refractivity contribution in [1.29, 1.82) is 0 Å². The van der Waals surface area contributed by atoms with E-state index in [9.17, 15) is 8.76 Å². The standard InChI is InChI=1S/C10H12O2S.Na/c1-2-9-3-5-10(6-4-9)7-8-13(11)12;/h3-8H,2H2,1H3,(H,11,12);/q;+1/p-1/b8-7+;. The van der Waals surface area contributed by atoms with E-state index in [2.05, 4.69) is 6.92 Å². The van der Waals surface area contributed by atoms with Crippen LogP contribution in [0.25, 0.3) is 6.08 Å². The van der Waals surface area contributed by atoms with E-state index in [1.54, 1.807) is 6.08 Å². The van der Waals surface area contributed by atoms with Crippen LogP contribution in [0.5, 0.6) is 0 Å². The first-order valence-electron chi connectivity index (χ1n) is 4.07. The van der Waals surface area contributed by atoms with Gasteiger partial charge in [0, 0.05) is 0 Å². The molecular formula is C10H11NaO2S. The Balaban J connectivity index is 0.00000169. The number of rotatable bonds is 3. The van der Waals surface area contributed by atoms with Crippen molar-refractivity contribution >= 4 is 17.2 Å². The Morgan fingerprint density at radius 3 is 2.36 bits per heavy atom. The van der Waals surface area contributed by atoms with Crippen molar-refractivity contribution in [2.75, 3.05) is 0 Å². The summed E-state index contributed by atoms with van der Waals surface area (Å²) >= 11 is -2.10. The van der Waals surface area contributed by atoms with Crippen LogP contribution in [-0.4, -0.2) is 8.76 Å². The van der Waals surface area contributed by atoms with Gasteiger partial charge in [-0.05, 0) is 40.1 Å². The van der Waals surface area contributed by atoms with Crippen LogP contribution >= 0.6 is 0 Å². The van der Waals surface area contributed by atoms with Crippen LogP contribution in [0.3, 0.4) is 0 Å².